The summed E-state index contributed by atoms with van der Waals surface area (Å²) in [6.07, 6.45) is 3.67. The second-order valence-electron chi connectivity index (χ2n) is 4.04. The van der Waals surface area contributed by atoms with E-state index >= 15 is 0 Å². The van der Waals surface area contributed by atoms with Gasteiger partial charge in [-0.25, -0.2) is 14.4 Å². The number of benzene rings is 1. The van der Waals surface area contributed by atoms with Crippen molar-refractivity contribution in [3.05, 3.63) is 53.6 Å². The van der Waals surface area contributed by atoms with Gasteiger partial charge in [-0.15, -0.1) is 0 Å². The highest BCUT2D eigenvalue weighted by atomic mass is 32.2. The monoisotopic (exact) mass is 277 g/mol. The fourth-order valence-electron chi connectivity index (χ4n) is 1.59. The smallest absolute Gasteiger partial charge is 0.187 e. The summed E-state index contributed by atoms with van der Waals surface area (Å²) in [7, 11) is 0. The van der Waals surface area contributed by atoms with Crippen LogP contribution in [0.3, 0.4) is 0 Å². The van der Waals surface area contributed by atoms with Crippen LogP contribution in [0.1, 0.15) is 18.1 Å². The second-order valence-corrected chi connectivity index (χ2v) is 5.27. The third-order valence-electron chi connectivity index (χ3n) is 2.53. The summed E-state index contributed by atoms with van der Waals surface area (Å²) >= 11 is 1.63. The van der Waals surface area contributed by atoms with Crippen molar-refractivity contribution in [1.82, 2.24) is 15.3 Å². The summed E-state index contributed by atoms with van der Waals surface area (Å²) < 4.78 is 12.7. The zero-order chi connectivity index (χ0) is 13.5. The SMILES string of the molecule is CCSc1ncc(CNCc2ccc(F)cc2)cn1. The van der Waals surface area contributed by atoms with Crippen LogP contribution < -0.4 is 5.32 Å². The lowest BCUT2D eigenvalue weighted by Gasteiger charge is -2.05. The molecule has 2 rings (SSSR count). The third-order valence-corrected chi connectivity index (χ3v) is 3.28. The molecule has 100 valence electrons. The lowest BCUT2D eigenvalue weighted by atomic mass is 10.2. The van der Waals surface area contributed by atoms with E-state index in [1.54, 1.807) is 23.9 Å². The van der Waals surface area contributed by atoms with E-state index in [1.807, 2.05) is 12.4 Å². The Morgan fingerprint density at radius 3 is 2.32 bits per heavy atom. The summed E-state index contributed by atoms with van der Waals surface area (Å²) in [6.45, 7) is 3.48. The zero-order valence-corrected chi connectivity index (χ0v) is 11.6. The van der Waals surface area contributed by atoms with Crippen LogP contribution in [0.5, 0.6) is 0 Å². The highest BCUT2D eigenvalue weighted by molar-refractivity contribution is 7.99. The summed E-state index contributed by atoms with van der Waals surface area (Å²) in [5.74, 6) is 0.767. The normalized spacial score (nSPS) is 10.6. The summed E-state index contributed by atoms with van der Waals surface area (Å²) in [5.41, 5.74) is 2.10. The lowest BCUT2D eigenvalue weighted by molar-refractivity contribution is 0.624. The Balaban J connectivity index is 1.80. The minimum atomic E-state index is -0.207. The Morgan fingerprint density at radius 2 is 1.68 bits per heavy atom. The van der Waals surface area contributed by atoms with Gasteiger partial charge in [0.2, 0.25) is 0 Å². The summed E-state index contributed by atoms with van der Waals surface area (Å²) in [6, 6.07) is 6.49. The molecular weight excluding hydrogens is 261 g/mol. The van der Waals surface area contributed by atoms with Gasteiger partial charge in [-0.3, -0.25) is 0 Å². The molecule has 0 spiro atoms. The topological polar surface area (TPSA) is 37.8 Å². The molecule has 1 aromatic heterocycles. The van der Waals surface area contributed by atoms with Crippen LogP contribution in [-0.4, -0.2) is 15.7 Å². The highest BCUT2D eigenvalue weighted by Crippen LogP contribution is 2.10. The van der Waals surface area contributed by atoms with E-state index in [-0.39, 0.29) is 5.82 Å². The van der Waals surface area contributed by atoms with E-state index in [9.17, 15) is 4.39 Å². The zero-order valence-electron chi connectivity index (χ0n) is 10.8. The fraction of sp³-hybridized carbons (Fsp3) is 0.286. The molecule has 0 unspecified atom stereocenters. The molecule has 1 heterocycles. The van der Waals surface area contributed by atoms with Crippen LogP contribution in [0.2, 0.25) is 0 Å². The van der Waals surface area contributed by atoms with E-state index in [0.717, 1.165) is 22.0 Å². The standard InChI is InChI=1S/C14H16FN3S/c1-2-19-14-17-9-12(10-18-14)8-16-7-11-3-5-13(15)6-4-11/h3-6,9-10,16H,2,7-8H2,1H3. The first-order valence-electron chi connectivity index (χ1n) is 6.17. The Kier molecular flexibility index (Phi) is 5.30. The second kappa shape index (κ2) is 7.21. The van der Waals surface area contributed by atoms with E-state index in [0.29, 0.717) is 13.1 Å². The molecule has 0 saturated carbocycles. The van der Waals surface area contributed by atoms with Crippen LogP contribution in [-0.2, 0) is 13.1 Å². The van der Waals surface area contributed by atoms with Crippen molar-refractivity contribution >= 4 is 11.8 Å². The van der Waals surface area contributed by atoms with Crippen molar-refractivity contribution in [2.24, 2.45) is 0 Å². The van der Waals surface area contributed by atoms with E-state index in [2.05, 4.69) is 22.2 Å². The van der Waals surface area contributed by atoms with Gasteiger partial charge in [0.15, 0.2) is 5.16 Å². The number of thioether (sulfide) groups is 1. The van der Waals surface area contributed by atoms with Crippen molar-refractivity contribution in [1.29, 1.82) is 0 Å². The van der Waals surface area contributed by atoms with Gasteiger partial charge in [0.05, 0.1) is 0 Å². The molecule has 19 heavy (non-hydrogen) atoms. The molecule has 2 aromatic rings. The van der Waals surface area contributed by atoms with E-state index in [1.165, 1.54) is 12.1 Å². The molecule has 0 aliphatic carbocycles. The first-order valence-corrected chi connectivity index (χ1v) is 7.15. The summed E-state index contributed by atoms with van der Waals surface area (Å²) in [4.78, 5) is 8.54. The van der Waals surface area contributed by atoms with Gasteiger partial charge in [0.1, 0.15) is 5.82 Å². The van der Waals surface area contributed by atoms with Crippen molar-refractivity contribution in [2.75, 3.05) is 5.75 Å². The minimum absolute atomic E-state index is 0.207. The fourth-order valence-corrected chi connectivity index (χ4v) is 2.10. The Bertz CT molecular complexity index is 499. The van der Waals surface area contributed by atoms with Crippen LogP contribution in [0.25, 0.3) is 0 Å². The molecule has 0 fully saturated rings. The predicted molar refractivity (Wildman–Crippen MR) is 75.4 cm³/mol. The Labute approximate surface area is 116 Å². The Morgan fingerprint density at radius 1 is 1.05 bits per heavy atom. The molecular formula is C14H16FN3S. The molecule has 0 amide bonds. The molecule has 0 bridgehead atoms. The van der Waals surface area contributed by atoms with Gasteiger partial charge < -0.3 is 5.32 Å². The van der Waals surface area contributed by atoms with Gasteiger partial charge in [-0.1, -0.05) is 30.8 Å². The average Bonchev–Trinajstić information content (AvgIpc) is 2.43. The molecule has 5 heteroatoms. The number of halogens is 1. The van der Waals surface area contributed by atoms with Crippen LogP contribution in [0.4, 0.5) is 4.39 Å². The molecule has 1 N–H and O–H groups in total. The predicted octanol–water partition coefficient (Wildman–Crippen LogP) is 3.02. The van der Waals surface area contributed by atoms with Crippen molar-refractivity contribution < 1.29 is 4.39 Å². The van der Waals surface area contributed by atoms with E-state index < -0.39 is 0 Å². The van der Waals surface area contributed by atoms with Gasteiger partial charge in [-0.2, -0.15) is 0 Å². The van der Waals surface area contributed by atoms with Gasteiger partial charge in [-0.05, 0) is 23.4 Å². The molecule has 0 aliphatic rings. The van der Waals surface area contributed by atoms with Gasteiger partial charge >= 0.3 is 0 Å². The highest BCUT2D eigenvalue weighted by Gasteiger charge is 1.98. The van der Waals surface area contributed by atoms with Gasteiger partial charge in [0, 0.05) is 31.0 Å². The van der Waals surface area contributed by atoms with Crippen molar-refractivity contribution in [3.8, 4) is 0 Å². The first-order chi connectivity index (χ1) is 9.28. The molecule has 3 nitrogen and oxygen atoms in total. The summed E-state index contributed by atoms with van der Waals surface area (Å²) in [5, 5.41) is 4.09. The van der Waals surface area contributed by atoms with Crippen molar-refractivity contribution in [3.63, 3.8) is 0 Å². The maximum atomic E-state index is 12.7. The van der Waals surface area contributed by atoms with Crippen LogP contribution in [0, 0.1) is 5.82 Å². The molecule has 0 saturated heterocycles. The molecule has 0 radical (unpaired) electrons. The molecule has 1 aromatic carbocycles. The number of aromatic nitrogens is 2. The quantitative estimate of drug-likeness (QED) is 0.650. The number of hydrogen-bond donors (Lipinski definition) is 1. The van der Waals surface area contributed by atoms with Gasteiger partial charge in [0.25, 0.3) is 0 Å². The maximum absolute atomic E-state index is 12.7. The largest absolute Gasteiger partial charge is 0.309 e. The third kappa shape index (κ3) is 4.61. The minimum Gasteiger partial charge on any atom is -0.309 e. The van der Waals surface area contributed by atoms with Crippen LogP contribution >= 0.6 is 11.8 Å². The number of hydrogen-bond acceptors (Lipinski definition) is 4. The number of rotatable bonds is 6. The first kappa shape index (κ1) is 14.0. The maximum Gasteiger partial charge on any atom is 0.187 e. The number of nitrogens with zero attached hydrogens (tertiary/aromatic N) is 2. The average molecular weight is 277 g/mol. The van der Waals surface area contributed by atoms with E-state index in [4.69, 9.17) is 0 Å². The molecule has 0 aliphatic heterocycles. The Hall–Kier alpha value is -1.46. The lowest BCUT2D eigenvalue weighted by Crippen LogP contribution is -2.13. The van der Waals surface area contributed by atoms with Crippen LogP contribution in [0.15, 0.2) is 41.8 Å². The number of nitrogens with one attached hydrogen (secondary N) is 1. The molecule has 0 atom stereocenters. The van der Waals surface area contributed by atoms with Crippen molar-refractivity contribution in [2.45, 2.75) is 25.2 Å².